The smallest absolute Gasteiger partial charge is 0.324 e. The highest BCUT2D eigenvalue weighted by molar-refractivity contribution is 7.84. The second kappa shape index (κ2) is 9.49. The van der Waals surface area contributed by atoms with Gasteiger partial charge in [-0.1, -0.05) is 20.3 Å². The molecule has 10 heteroatoms. The first kappa shape index (κ1) is 23.4. The number of nitrogens with one attached hydrogen (secondary N) is 1. The molecular formula is C22H28N6O3S. The second-order valence-corrected chi connectivity index (χ2v) is 9.01. The van der Waals surface area contributed by atoms with Crippen LogP contribution in [0.3, 0.4) is 0 Å². The van der Waals surface area contributed by atoms with Gasteiger partial charge >= 0.3 is 10.3 Å². The first-order valence-corrected chi connectivity index (χ1v) is 11.8. The molecule has 0 fully saturated rings. The fraction of sp³-hybridized carbons (Fsp3) is 0.318. The standard InChI is InChI=1S/C19H20N6O3S.C3H8/c1-12(2)24-11-15(10-21-24)18-13(3)9-20-19(23-18)22-16-4-5-17-14(8-16)6-7-25(17)29(26,27)28;1-3-2/h4-12H,1-3H3,(H,20,22,23)(H,26,27,28);3H2,1-2H3. The van der Waals surface area contributed by atoms with Gasteiger partial charge in [-0.3, -0.25) is 9.23 Å². The molecule has 0 bridgehead atoms. The lowest BCUT2D eigenvalue weighted by Crippen LogP contribution is -2.08. The number of rotatable bonds is 5. The third kappa shape index (κ3) is 5.14. The predicted octanol–water partition coefficient (Wildman–Crippen LogP) is 4.99. The van der Waals surface area contributed by atoms with Gasteiger partial charge < -0.3 is 5.32 Å². The summed E-state index contributed by atoms with van der Waals surface area (Å²) in [6, 6.07) is 6.93. The van der Waals surface area contributed by atoms with Crippen molar-refractivity contribution in [3.8, 4) is 11.3 Å². The van der Waals surface area contributed by atoms with Crippen molar-refractivity contribution in [1.82, 2.24) is 23.7 Å². The molecule has 0 saturated carbocycles. The van der Waals surface area contributed by atoms with Gasteiger partial charge in [-0.25, -0.2) is 13.9 Å². The second-order valence-electron chi connectivity index (χ2n) is 7.72. The lowest BCUT2D eigenvalue weighted by molar-refractivity contribution is 0.474. The number of nitrogens with zero attached hydrogens (tertiary/aromatic N) is 5. The number of aromatic nitrogens is 5. The third-order valence-corrected chi connectivity index (χ3v) is 5.35. The summed E-state index contributed by atoms with van der Waals surface area (Å²) in [6.07, 6.45) is 8.03. The van der Waals surface area contributed by atoms with Crippen LogP contribution in [-0.2, 0) is 10.3 Å². The van der Waals surface area contributed by atoms with Crippen molar-refractivity contribution in [3.05, 3.63) is 54.6 Å². The van der Waals surface area contributed by atoms with E-state index in [1.807, 2.05) is 17.8 Å². The summed E-state index contributed by atoms with van der Waals surface area (Å²) in [6.45, 7) is 10.3. The van der Waals surface area contributed by atoms with Gasteiger partial charge in [-0.2, -0.15) is 13.5 Å². The van der Waals surface area contributed by atoms with Gasteiger partial charge in [0.25, 0.3) is 0 Å². The molecule has 3 aromatic heterocycles. The molecule has 0 radical (unpaired) electrons. The Bertz CT molecular complexity index is 1320. The summed E-state index contributed by atoms with van der Waals surface area (Å²) >= 11 is 0. The number of aryl methyl sites for hydroxylation is 1. The first-order valence-electron chi connectivity index (χ1n) is 10.4. The maximum atomic E-state index is 11.4. The van der Waals surface area contributed by atoms with Crippen LogP contribution in [0.15, 0.2) is 49.1 Å². The fourth-order valence-corrected chi connectivity index (χ4v) is 3.69. The zero-order valence-corrected chi connectivity index (χ0v) is 19.6. The van der Waals surface area contributed by atoms with Crippen LogP contribution in [0.4, 0.5) is 11.6 Å². The molecule has 0 atom stereocenters. The molecule has 4 rings (SSSR count). The van der Waals surface area contributed by atoms with Gasteiger partial charge in [0.2, 0.25) is 5.95 Å². The largest absolute Gasteiger partial charge is 0.363 e. The van der Waals surface area contributed by atoms with Crippen molar-refractivity contribution < 1.29 is 13.0 Å². The highest BCUT2D eigenvalue weighted by atomic mass is 32.2. The van der Waals surface area contributed by atoms with Crippen molar-refractivity contribution >= 4 is 32.8 Å². The Morgan fingerprint density at radius 2 is 1.88 bits per heavy atom. The van der Waals surface area contributed by atoms with Crippen LogP contribution in [-0.4, -0.2) is 36.7 Å². The summed E-state index contributed by atoms with van der Waals surface area (Å²) in [5.41, 5.74) is 3.69. The maximum absolute atomic E-state index is 11.4. The van der Waals surface area contributed by atoms with Crippen LogP contribution in [0.1, 0.15) is 45.7 Å². The molecule has 0 aliphatic carbocycles. The summed E-state index contributed by atoms with van der Waals surface area (Å²) < 4.78 is 34.8. The van der Waals surface area contributed by atoms with Gasteiger partial charge in [0.05, 0.1) is 17.4 Å². The molecule has 0 spiro atoms. The van der Waals surface area contributed by atoms with Crippen LogP contribution in [0.25, 0.3) is 22.2 Å². The van der Waals surface area contributed by atoms with E-state index in [4.69, 9.17) is 0 Å². The van der Waals surface area contributed by atoms with E-state index in [1.165, 1.54) is 12.6 Å². The van der Waals surface area contributed by atoms with Gasteiger partial charge in [0, 0.05) is 41.3 Å². The summed E-state index contributed by atoms with van der Waals surface area (Å²) in [7, 11) is -4.34. The molecular weight excluding hydrogens is 428 g/mol. The van der Waals surface area contributed by atoms with Crippen molar-refractivity contribution in [2.24, 2.45) is 0 Å². The zero-order valence-electron chi connectivity index (χ0n) is 18.8. The molecule has 0 aliphatic rings. The monoisotopic (exact) mass is 456 g/mol. The molecule has 0 aliphatic heterocycles. The number of anilines is 2. The summed E-state index contributed by atoms with van der Waals surface area (Å²) in [5.74, 6) is 0.413. The van der Waals surface area contributed by atoms with E-state index in [-0.39, 0.29) is 6.04 Å². The fourth-order valence-electron chi connectivity index (χ4n) is 3.06. The van der Waals surface area contributed by atoms with Crippen molar-refractivity contribution in [1.29, 1.82) is 0 Å². The SMILES string of the molecule is CCC.Cc1cnc(Nc2ccc3c(ccn3S(=O)(=O)O)c2)nc1-c1cnn(C(C)C)c1. The highest BCUT2D eigenvalue weighted by Crippen LogP contribution is 2.26. The number of hydrogen-bond acceptors (Lipinski definition) is 6. The Balaban J connectivity index is 0.000000913. The molecule has 170 valence electrons. The van der Waals surface area contributed by atoms with Gasteiger partial charge in [-0.15, -0.1) is 0 Å². The van der Waals surface area contributed by atoms with Crippen LogP contribution in [0, 0.1) is 6.92 Å². The van der Waals surface area contributed by atoms with Crippen LogP contribution >= 0.6 is 0 Å². The van der Waals surface area contributed by atoms with Gasteiger partial charge in [0.15, 0.2) is 0 Å². The average Bonchev–Trinajstić information content (AvgIpc) is 3.37. The van der Waals surface area contributed by atoms with Gasteiger partial charge in [0.1, 0.15) is 0 Å². The Morgan fingerprint density at radius 3 is 2.50 bits per heavy atom. The molecule has 3 heterocycles. The maximum Gasteiger partial charge on any atom is 0.363 e. The lowest BCUT2D eigenvalue weighted by atomic mass is 10.1. The first-order chi connectivity index (χ1) is 15.1. The molecule has 4 aromatic rings. The summed E-state index contributed by atoms with van der Waals surface area (Å²) in [4.78, 5) is 8.95. The molecule has 2 N–H and O–H groups in total. The Hall–Kier alpha value is -3.24. The molecule has 0 unspecified atom stereocenters. The third-order valence-electron chi connectivity index (χ3n) is 4.53. The lowest BCUT2D eigenvalue weighted by Gasteiger charge is -2.09. The number of benzene rings is 1. The predicted molar refractivity (Wildman–Crippen MR) is 127 cm³/mol. The normalized spacial score (nSPS) is 11.5. The highest BCUT2D eigenvalue weighted by Gasteiger charge is 2.13. The molecule has 0 saturated heterocycles. The van der Waals surface area contributed by atoms with Crippen LogP contribution in [0.2, 0.25) is 0 Å². The molecule has 9 nitrogen and oxygen atoms in total. The Morgan fingerprint density at radius 1 is 1.16 bits per heavy atom. The number of fused-ring (bicyclic) bond motifs is 1. The van der Waals surface area contributed by atoms with Crippen LogP contribution in [0.5, 0.6) is 0 Å². The topological polar surface area (TPSA) is 115 Å². The average molecular weight is 457 g/mol. The van der Waals surface area contributed by atoms with E-state index in [9.17, 15) is 13.0 Å². The summed E-state index contributed by atoms with van der Waals surface area (Å²) in [5, 5.41) is 8.16. The minimum Gasteiger partial charge on any atom is -0.324 e. The van der Waals surface area contributed by atoms with Gasteiger partial charge in [-0.05, 0) is 50.6 Å². The number of hydrogen-bond donors (Lipinski definition) is 2. The Kier molecular flexibility index (Phi) is 6.95. The minimum atomic E-state index is -4.34. The zero-order chi connectivity index (χ0) is 23.5. The van der Waals surface area contributed by atoms with Crippen molar-refractivity contribution in [2.75, 3.05) is 5.32 Å². The molecule has 0 amide bonds. The van der Waals surface area contributed by atoms with Crippen molar-refractivity contribution in [3.63, 3.8) is 0 Å². The van der Waals surface area contributed by atoms with E-state index in [1.54, 1.807) is 36.7 Å². The molecule has 1 aromatic carbocycles. The minimum absolute atomic E-state index is 0.255. The quantitative estimate of drug-likeness (QED) is 0.406. The molecule has 32 heavy (non-hydrogen) atoms. The van der Waals surface area contributed by atoms with Crippen molar-refractivity contribution in [2.45, 2.75) is 47.1 Å². The van der Waals surface area contributed by atoms with E-state index in [0.717, 1.165) is 20.8 Å². The van der Waals surface area contributed by atoms with E-state index in [0.29, 0.717) is 22.5 Å². The van der Waals surface area contributed by atoms with E-state index >= 15 is 0 Å². The Labute approximate surface area is 188 Å². The van der Waals surface area contributed by atoms with E-state index < -0.39 is 10.3 Å². The van der Waals surface area contributed by atoms with E-state index in [2.05, 4.69) is 48.1 Å². The van der Waals surface area contributed by atoms with Crippen LogP contribution < -0.4 is 5.32 Å².